The molecule has 0 N–H and O–H groups in total. The summed E-state index contributed by atoms with van der Waals surface area (Å²) in [6.45, 7) is 3.68. The number of rotatable bonds is 3. The van der Waals surface area contributed by atoms with Gasteiger partial charge in [-0.1, -0.05) is 12.1 Å². The average Bonchev–Trinajstić information content (AvgIpc) is 3.12. The fourth-order valence-corrected chi connectivity index (χ4v) is 3.52. The third-order valence-corrected chi connectivity index (χ3v) is 5.08. The Morgan fingerprint density at radius 1 is 1.15 bits per heavy atom. The minimum absolute atomic E-state index is 0.226. The number of carbonyl (C=O) groups is 2. The number of nitrogens with zero attached hydrogens (tertiary/aromatic N) is 4. The number of piperazine rings is 1. The molecule has 1 fully saturated rings. The zero-order valence-electron chi connectivity index (χ0n) is 14.9. The number of carbonyl (C=O) groups excluding carboxylic acids is 2. The molecule has 0 spiro atoms. The Morgan fingerprint density at radius 2 is 1.81 bits per heavy atom. The molecule has 1 saturated heterocycles. The molecule has 0 radical (unpaired) electrons. The topological polar surface area (TPSA) is 78.6 Å². The highest BCUT2D eigenvalue weighted by Crippen LogP contribution is 2.25. The summed E-state index contributed by atoms with van der Waals surface area (Å²) in [5.74, 6) is -0.226. The Bertz CT molecular complexity index is 895. The minimum Gasteiger partial charge on any atom is -0.450 e. The lowest BCUT2D eigenvalue weighted by Gasteiger charge is -2.34. The molecule has 140 valence electrons. The van der Waals surface area contributed by atoms with Crippen LogP contribution in [0.5, 0.6) is 0 Å². The zero-order valence-corrected chi connectivity index (χ0v) is 16.5. The predicted octanol–water partition coefficient (Wildman–Crippen LogP) is 3.03. The third kappa shape index (κ3) is 3.83. The van der Waals surface area contributed by atoms with Gasteiger partial charge in [0.25, 0.3) is 5.91 Å². The van der Waals surface area contributed by atoms with Crippen molar-refractivity contribution >= 4 is 27.9 Å². The van der Waals surface area contributed by atoms with Gasteiger partial charge in [-0.2, -0.15) is 5.26 Å². The van der Waals surface area contributed by atoms with E-state index in [1.54, 1.807) is 33.6 Å². The van der Waals surface area contributed by atoms with Gasteiger partial charge in [-0.15, -0.1) is 0 Å². The summed E-state index contributed by atoms with van der Waals surface area (Å²) in [4.78, 5) is 28.2. The first-order valence-electron chi connectivity index (χ1n) is 8.64. The molecular weight excluding hydrogens is 412 g/mol. The Hall–Kier alpha value is -2.79. The molecule has 1 aromatic carbocycles. The fourth-order valence-electron chi connectivity index (χ4n) is 3.05. The van der Waals surface area contributed by atoms with Crippen LogP contribution < -0.4 is 0 Å². The number of para-hydroxylation sites is 1. The molecule has 2 aromatic rings. The lowest BCUT2D eigenvalue weighted by molar-refractivity contribution is 0.0564. The van der Waals surface area contributed by atoms with Gasteiger partial charge in [0.15, 0.2) is 0 Å². The third-order valence-electron chi connectivity index (χ3n) is 4.41. The molecule has 2 amide bonds. The maximum Gasteiger partial charge on any atom is 0.409 e. The van der Waals surface area contributed by atoms with Gasteiger partial charge in [0.2, 0.25) is 0 Å². The number of benzene rings is 1. The molecule has 1 aliphatic rings. The van der Waals surface area contributed by atoms with E-state index in [4.69, 9.17) is 4.74 Å². The van der Waals surface area contributed by atoms with Crippen LogP contribution in [-0.4, -0.2) is 59.2 Å². The number of halogens is 1. The molecule has 2 heterocycles. The molecule has 27 heavy (non-hydrogen) atoms. The molecule has 0 atom stereocenters. The first-order valence-corrected chi connectivity index (χ1v) is 9.43. The van der Waals surface area contributed by atoms with Crippen LogP contribution in [0.15, 0.2) is 41.0 Å². The molecule has 0 saturated carbocycles. The predicted molar refractivity (Wildman–Crippen MR) is 103 cm³/mol. The van der Waals surface area contributed by atoms with E-state index in [0.29, 0.717) is 44.0 Å². The Balaban J connectivity index is 1.84. The van der Waals surface area contributed by atoms with Crippen molar-refractivity contribution in [3.63, 3.8) is 0 Å². The van der Waals surface area contributed by atoms with Crippen molar-refractivity contribution in [2.45, 2.75) is 6.92 Å². The summed E-state index contributed by atoms with van der Waals surface area (Å²) < 4.78 is 7.56. The van der Waals surface area contributed by atoms with Crippen LogP contribution >= 0.6 is 15.9 Å². The Morgan fingerprint density at radius 3 is 2.44 bits per heavy atom. The molecule has 0 aliphatic carbocycles. The largest absolute Gasteiger partial charge is 0.450 e. The first kappa shape index (κ1) is 19.0. The fraction of sp³-hybridized carbons (Fsp3) is 0.316. The van der Waals surface area contributed by atoms with Crippen molar-refractivity contribution in [2.75, 3.05) is 32.8 Å². The highest BCUT2D eigenvalue weighted by molar-refractivity contribution is 9.10. The summed E-state index contributed by atoms with van der Waals surface area (Å²) in [6, 6.07) is 11.3. The van der Waals surface area contributed by atoms with Crippen LogP contribution in [-0.2, 0) is 4.74 Å². The summed E-state index contributed by atoms with van der Waals surface area (Å²) in [6.07, 6.45) is 1.36. The van der Waals surface area contributed by atoms with Gasteiger partial charge in [0, 0.05) is 36.8 Å². The number of amides is 2. The Kier molecular flexibility index (Phi) is 5.81. The van der Waals surface area contributed by atoms with Crippen LogP contribution in [0.4, 0.5) is 4.79 Å². The van der Waals surface area contributed by atoms with Gasteiger partial charge in [-0.25, -0.2) is 4.79 Å². The molecule has 3 rings (SSSR count). The Labute approximate surface area is 165 Å². The summed E-state index contributed by atoms with van der Waals surface area (Å²) in [5.41, 5.74) is 1.44. The van der Waals surface area contributed by atoms with E-state index < -0.39 is 0 Å². The number of hydrogen-bond acceptors (Lipinski definition) is 4. The van der Waals surface area contributed by atoms with Crippen molar-refractivity contribution in [3.8, 4) is 11.8 Å². The number of hydrogen-bond donors (Lipinski definition) is 0. The monoisotopic (exact) mass is 430 g/mol. The molecule has 1 aliphatic heterocycles. The van der Waals surface area contributed by atoms with E-state index in [-0.39, 0.29) is 12.0 Å². The molecule has 1 aromatic heterocycles. The van der Waals surface area contributed by atoms with E-state index in [9.17, 15) is 14.9 Å². The van der Waals surface area contributed by atoms with E-state index in [0.717, 1.165) is 10.2 Å². The highest BCUT2D eigenvalue weighted by Gasteiger charge is 2.29. The van der Waals surface area contributed by atoms with E-state index in [1.165, 1.54) is 0 Å². The summed E-state index contributed by atoms with van der Waals surface area (Å²) in [5, 5.41) is 9.45. The standard InChI is InChI=1S/C19H19BrN4O3/c1-2-27-19(26)23-11-9-22(10-12-23)18(25)17-14(13-21)7-8-24(17)16-6-4-3-5-15(16)20/h3-8H,2,9-12H2,1H3. The van der Waals surface area contributed by atoms with Gasteiger partial charge in [0.05, 0.1) is 17.9 Å². The quantitative estimate of drug-likeness (QED) is 0.749. The molecule has 8 heteroatoms. The number of ether oxygens (including phenoxy) is 1. The SMILES string of the molecule is CCOC(=O)N1CCN(C(=O)c2c(C#N)ccn2-c2ccccc2Br)CC1. The lowest BCUT2D eigenvalue weighted by atomic mass is 10.2. The van der Waals surface area contributed by atoms with Crippen LogP contribution in [0.2, 0.25) is 0 Å². The van der Waals surface area contributed by atoms with Crippen LogP contribution in [0.25, 0.3) is 5.69 Å². The zero-order chi connectivity index (χ0) is 19.4. The van der Waals surface area contributed by atoms with Crippen molar-refractivity contribution < 1.29 is 14.3 Å². The van der Waals surface area contributed by atoms with Gasteiger partial charge in [-0.3, -0.25) is 4.79 Å². The van der Waals surface area contributed by atoms with E-state index >= 15 is 0 Å². The first-order chi connectivity index (χ1) is 13.1. The van der Waals surface area contributed by atoms with E-state index in [2.05, 4.69) is 22.0 Å². The van der Waals surface area contributed by atoms with Crippen molar-refractivity contribution in [3.05, 3.63) is 52.3 Å². The van der Waals surface area contributed by atoms with E-state index in [1.807, 2.05) is 24.3 Å². The maximum atomic E-state index is 13.2. The van der Waals surface area contributed by atoms with Gasteiger partial charge in [0.1, 0.15) is 11.8 Å². The minimum atomic E-state index is -0.362. The smallest absolute Gasteiger partial charge is 0.409 e. The van der Waals surface area contributed by atoms with Crippen LogP contribution in [0, 0.1) is 11.3 Å². The normalized spacial score (nSPS) is 14.0. The van der Waals surface area contributed by atoms with Crippen LogP contribution in [0.1, 0.15) is 23.0 Å². The second-order valence-electron chi connectivity index (χ2n) is 5.99. The molecule has 7 nitrogen and oxygen atoms in total. The highest BCUT2D eigenvalue weighted by atomic mass is 79.9. The van der Waals surface area contributed by atoms with Crippen molar-refractivity contribution in [2.24, 2.45) is 0 Å². The second-order valence-corrected chi connectivity index (χ2v) is 6.84. The molecule has 0 unspecified atom stereocenters. The van der Waals surface area contributed by atoms with Crippen molar-refractivity contribution in [1.29, 1.82) is 5.26 Å². The van der Waals surface area contributed by atoms with Crippen LogP contribution in [0.3, 0.4) is 0 Å². The maximum absolute atomic E-state index is 13.2. The van der Waals surface area contributed by atoms with Gasteiger partial charge >= 0.3 is 6.09 Å². The van der Waals surface area contributed by atoms with Crippen molar-refractivity contribution in [1.82, 2.24) is 14.4 Å². The lowest BCUT2D eigenvalue weighted by Crippen LogP contribution is -2.51. The summed E-state index contributed by atoms with van der Waals surface area (Å²) in [7, 11) is 0. The summed E-state index contributed by atoms with van der Waals surface area (Å²) >= 11 is 3.50. The van der Waals surface area contributed by atoms with Gasteiger partial charge < -0.3 is 19.1 Å². The average molecular weight is 431 g/mol. The number of nitriles is 1. The second kappa shape index (κ2) is 8.27. The molecule has 0 bridgehead atoms. The molecular formula is C19H19BrN4O3. The number of aromatic nitrogens is 1. The van der Waals surface area contributed by atoms with Gasteiger partial charge in [-0.05, 0) is 41.1 Å².